The van der Waals surface area contributed by atoms with Crippen LogP contribution in [0.1, 0.15) is 33.6 Å². The number of rotatable bonds is 5. The van der Waals surface area contributed by atoms with Gasteiger partial charge in [0.05, 0.1) is 24.0 Å². The molecule has 0 aromatic rings. The zero-order valence-electron chi connectivity index (χ0n) is 11.5. The van der Waals surface area contributed by atoms with E-state index in [9.17, 15) is 9.59 Å². The van der Waals surface area contributed by atoms with Crippen LogP contribution in [-0.4, -0.2) is 36.2 Å². The first-order valence-electron chi connectivity index (χ1n) is 6.30. The van der Waals surface area contributed by atoms with Gasteiger partial charge in [0.15, 0.2) is 0 Å². The summed E-state index contributed by atoms with van der Waals surface area (Å²) in [5, 5.41) is 12.0. The smallest absolute Gasteiger partial charge is 0.307 e. The third kappa shape index (κ3) is 3.70. The van der Waals surface area contributed by atoms with Crippen LogP contribution in [0.15, 0.2) is 0 Å². The Morgan fingerprint density at radius 3 is 2.39 bits per heavy atom. The van der Waals surface area contributed by atoms with E-state index in [0.29, 0.717) is 19.4 Å². The first-order chi connectivity index (χ1) is 8.26. The number of hydrogen-bond donors (Lipinski definition) is 2. The van der Waals surface area contributed by atoms with E-state index in [4.69, 9.17) is 9.84 Å². The number of aliphatic carboxylic acids is 1. The lowest BCUT2D eigenvalue weighted by molar-refractivity contribution is -0.146. The lowest BCUT2D eigenvalue weighted by atomic mass is 9.94. The fraction of sp³-hybridized carbons (Fsp3) is 0.846. The van der Waals surface area contributed by atoms with E-state index >= 15 is 0 Å². The van der Waals surface area contributed by atoms with Crippen LogP contribution in [-0.2, 0) is 14.3 Å². The Morgan fingerprint density at radius 2 is 1.89 bits per heavy atom. The van der Waals surface area contributed by atoms with Crippen LogP contribution in [0, 0.1) is 17.8 Å². The number of amides is 1. The van der Waals surface area contributed by atoms with Crippen molar-refractivity contribution in [2.75, 3.05) is 13.7 Å². The van der Waals surface area contributed by atoms with Gasteiger partial charge in [0, 0.05) is 7.11 Å². The Bertz CT molecular complexity index is 327. The predicted octanol–water partition coefficient (Wildman–Crippen LogP) is 1.27. The van der Waals surface area contributed by atoms with Crippen molar-refractivity contribution in [3.8, 4) is 0 Å². The molecule has 3 atom stereocenters. The van der Waals surface area contributed by atoms with E-state index in [1.54, 1.807) is 7.11 Å². The molecule has 0 saturated heterocycles. The second-order valence-electron chi connectivity index (χ2n) is 5.93. The minimum Gasteiger partial charge on any atom is -0.481 e. The van der Waals surface area contributed by atoms with E-state index in [1.807, 2.05) is 20.8 Å². The zero-order chi connectivity index (χ0) is 13.9. The molecule has 1 rings (SSSR count). The molecule has 104 valence electrons. The average molecular weight is 257 g/mol. The molecule has 2 N–H and O–H groups in total. The summed E-state index contributed by atoms with van der Waals surface area (Å²) in [6.45, 7) is 6.12. The van der Waals surface area contributed by atoms with Crippen molar-refractivity contribution in [2.45, 2.75) is 39.2 Å². The number of methoxy groups -OCH3 is 1. The highest BCUT2D eigenvalue weighted by Gasteiger charge is 2.42. The normalized spacial score (nSPS) is 28.1. The number of carboxylic acid groups (broad SMARTS) is 1. The van der Waals surface area contributed by atoms with E-state index in [-0.39, 0.29) is 11.8 Å². The van der Waals surface area contributed by atoms with Gasteiger partial charge < -0.3 is 15.2 Å². The lowest BCUT2D eigenvalue weighted by Gasteiger charge is -2.28. The highest BCUT2D eigenvalue weighted by atomic mass is 16.5. The average Bonchev–Trinajstić information content (AvgIpc) is 2.59. The SMILES string of the molecule is COCC(C)(C)NC(=O)[C@H]1CC(C)C[C@H]1C(=O)O. The Kier molecular flexibility index (Phi) is 4.73. The molecule has 1 aliphatic carbocycles. The summed E-state index contributed by atoms with van der Waals surface area (Å²) < 4.78 is 5.03. The molecular weight excluding hydrogens is 234 g/mol. The highest BCUT2D eigenvalue weighted by molar-refractivity contribution is 5.85. The van der Waals surface area contributed by atoms with Crippen LogP contribution in [0.4, 0.5) is 0 Å². The van der Waals surface area contributed by atoms with Gasteiger partial charge in [0.1, 0.15) is 0 Å². The topological polar surface area (TPSA) is 75.6 Å². The minimum atomic E-state index is -0.871. The minimum absolute atomic E-state index is 0.172. The molecule has 5 heteroatoms. The van der Waals surface area contributed by atoms with E-state index in [0.717, 1.165) is 0 Å². The Hall–Kier alpha value is -1.10. The number of carbonyl (C=O) groups is 2. The van der Waals surface area contributed by atoms with E-state index in [2.05, 4.69) is 5.32 Å². The molecule has 1 saturated carbocycles. The summed E-state index contributed by atoms with van der Waals surface area (Å²) >= 11 is 0. The van der Waals surface area contributed by atoms with Crippen molar-refractivity contribution >= 4 is 11.9 Å². The quantitative estimate of drug-likeness (QED) is 0.778. The molecule has 1 amide bonds. The Morgan fingerprint density at radius 1 is 1.33 bits per heavy atom. The molecule has 18 heavy (non-hydrogen) atoms. The van der Waals surface area contributed by atoms with Gasteiger partial charge in [-0.3, -0.25) is 9.59 Å². The van der Waals surface area contributed by atoms with Gasteiger partial charge in [-0.15, -0.1) is 0 Å². The molecule has 1 aliphatic rings. The van der Waals surface area contributed by atoms with Crippen molar-refractivity contribution in [2.24, 2.45) is 17.8 Å². The second kappa shape index (κ2) is 5.69. The molecule has 0 spiro atoms. The summed E-state index contributed by atoms with van der Waals surface area (Å²) in [6, 6.07) is 0. The van der Waals surface area contributed by atoms with Gasteiger partial charge >= 0.3 is 5.97 Å². The third-order valence-corrected chi connectivity index (χ3v) is 3.42. The maximum atomic E-state index is 12.2. The number of ether oxygens (including phenoxy) is 1. The van der Waals surface area contributed by atoms with Crippen molar-refractivity contribution < 1.29 is 19.4 Å². The Labute approximate surface area is 108 Å². The largest absolute Gasteiger partial charge is 0.481 e. The first-order valence-corrected chi connectivity index (χ1v) is 6.30. The molecule has 0 aromatic heterocycles. The third-order valence-electron chi connectivity index (χ3n) is 3.42. The first kappa shape index (κ1) is 15.0. The number of carboxylic acids is 1. The van der Waals surface area contributed by atoms with Crippen molar-refractivity contribution in [1.29, 1.82) is 0 Å². The Balaban J connectivity index is 2.68. The van der Waals surface area contributed by atoms with Crippen LogP contribution in [0.2, 0.25) is 0 Å². The van der Waals surface area contributed by atoms with Crippen LogP contribution in [0.25, 0.3) is 0 Å². The van der Waals surface area contributed by atoms with E-state index < -0.39 is 23.3 Å². The molecule has 5 nitrogen and oxygen atoms in total. The van der Waals surface area contributed by atoms with Crippen LogP contribution < -0.4 is 5.32 Å². The second-order valence-corrected chi connectivity index (χ2v) is 5.93. The van der Waals surface area contributed by atoms with Crippen molar-refractivity contribution in [1.82, 2.24) is 5.32 Å². The standard InChI is InChI=1S/C13H23NO4/c1-8-5-9(10(6-8)12(16)17)11(15)14-13(2,3)7-18-4/h8-10H,5-7H2,1-4H3,(H,14,15)(H,16,17)/t8?,9-,10+/m0/s1. The van der Waals surface area contributed by atoms with Crippen molar-refractivity contribution in [3.05, 3.63) is 0 Å². The fourth-order valence-corrected chi connectivity index (χ4v) is 2.68. The van der Waals surface area contributed by atoms with Gasteiger partial charge in [-0.25, -0.2) is 0 Å². The summed E-state index contributed by atoms with van der Waals surface area (Å²) in [7, 11) is 1.58. The fourth-order valence-electron chi connectivity index (χ4n) is 2.68. The summed E-state index contributed by atoms with van der Waals surface area (Å²) in [4.78, 5) is 23.3. The van der Waals surface area contributed by atoms with Gasteiger partial charge in [-0.05, 0) is 32.6 Å². The molecule has 0 heterocycles. The van der Waals surface area contributed by atoms with Crippen LogP contribution in [0.3, 0.4) is 0 Å². The lowest BCUT2D eigenvalue weighted by Crippen LogP contribution is -2.50. The van der Waals surface area contributed by atoms with Gasteiger partial charge in [-0.1, -0.05) is 6.92 Å². The summed E-state index contributed by atoms with van der Waals surface area (Å²) in [5.74, 6) is -1.74. The monoisotopic (exact) mass is 257 g/mol. The molecular formula is C13H23NO4. The van der Waals surface area contributed by atoms with Gasteiger partial charge in [0.2, 0.25) is 5.91 Å². The highest BCUT2D eigenvalue weighted by Crippen LogP contribution is 2.36. The number of hydrogen-bond acceptors (Lipinski definition) is 3. The van der Waals surface area contributed by atoms with Gasteiger partial charge in [0.25, 0.3) is 0 Å². The van der Waals surface area contributed by atoms with Gasteiger partial charge in [-0.2, -0.15) is 0 Å². The molecule has 0 aliphatic heterocycles. The van der Waals surface area contributed by atoms with Crippen LogP contribution in [0.5, 0.6) is 0 Å². The van der Waals surface area contributed by atoms with Crippen molar-refractivity contribution in [3.63, 3.8) is 0 Å². The molecule has 0 radical (unpaired) electrons. The maximum Gasteiger partial charge on any atom is 0.307 e. The zero-order valence-corrected chi connectivity index (χ0v) is 11.5. The maximum absolute atomic E-state index is 12.2. The molecule has 1 fully saturated rings. The summed E-state index contributed by atoms with van der Waals surface area (Å²) in [5.41, 5.74) is -0.472. The molecule has 1 unspecified atom stereocenters. The predicted molar refractivity (Wildman–Crippen MR) is 67.1 cm³/mol. The summed E-state index contributed by atoms with van der Waals surface area (Å²) in [6.07, 6.45) is 1.23. The molecule has 0 bridgehead atoms. The number of carbonyl (C=O) groups excluding carboxylic acids is 1. The van der Waals surface area contributed by atoms with E-state index in [1.165, 1.54) is 0 Å². The number of nitrogens with one attached hydrogen (secondary N) is 1. The molecule has 0 aromatic carbocycles. The van der Waals surface area contributed by atoms with Crippen LogP contribution >= 0.6 is 0 Å².